The van der Waals surface area contributed by atoms with E-state index in [9.17, 15) is 4.79 Å². The van der Waals surface area contributed by atoms with E-state index >= 15 is 0 Å². The molecule has 0 atom stereocenters. The summed E-state index contributed by atoms with van der Waals surface area (Å²) in [4.78, 5) is 13.5. The maximum atomic E-state index is 13.5. The maximum Gasteiger partial charge on any atom is 0.333 e. The fourth-order valence-corrected chi connectivity index (χ4v) is 4.73. The van der Waals surface area contributed by atoms with Crippen LogP contribution in [0.25, 0.3) is 28.2 Å². The summed E-state index contributed by atoms with van der Waals surface area (Å²) in [5, 5.41) is 15.0. The third kappa shape index (κ3) is 4.42. The number of aryl methyl sites for hydroxylation is 2. The largest absolute Gasteiger partial charge is 0.333 e. The summed E-state index contributed by atoms with van der Waals surface area (Å²) in [6.07, 6.45) is 3.67. The minimum atomic E-state index is -0.0869. The van der Waals surface area contributed by atoms with Gasteiger partial charge in [0.2, 0.25) is 5.82 Å². The molecule has 3 aromatic carbocycles. The molecular weight excluding hydrogens is 460 g/mol. The zero-order chi connectivity index (χ0) is 24.4. The fraction of sp³-hybridized carbons (Fsp3) is 0.185. The van der Waals surface area contributed by atoms with Crippen LogP contribution in [0.3, 0.4) is 0 Å². The van der Waals surface area contributed by atoms with Gasteiger partial charge in [0, 0.05) is 17.5 Å². The first-order chi connectivity index (χ1) is 17.1. The summed E-state index contributed by atoms with van der Waals surface area (Å²) >= 11 is 6.48. The van der Waals surface area contributed by atoms with E-state index in [1.165, 1.54) is 0 Å². The van der Waals surface area contributed by atoms with Crippen LogP contribution in [0.1, 0.15) is 30.2 Å². The SMILES string of the molecule is CCCc1cn(-c2c(C)cccc2Cl)c(=O)n1Cc1ccc(-c2ccccc2-c2nn[nH]n2)cc1. The number of nitrogens with one attached hydrogen (secondary N) is 1. The highest BCUT2D eigenvalue weighted by atomic mass is 35.5. The van der Waals surface area contributed by atoms with Gasteiger partial charge in [0.15, 0.2) is 0 Å². The lowest BCUT2D eigenvalue weighted by atomic mass is 9.98. The Morgan fingerprint density at radius 2 is 1.74 bits per heavy atom. The van der Waals surface area contributed by atoms with Gasteiger partial charge in [-0.3, -0.25) is 9.13 Å². The molecule has 2 heterocycles. The van der Waals surface area contributed by atoms with Crippen LogP contribution in [-0.4, -0.2) is 29.8 Å². The topological polar surface area (TPSA) is 81.4 Å². The minimum Gasteiger partial charge on any atom is -0.292 e. The van der Waals surface area contributed by atoms with Gasteiger partial charge in [-0.15, -0.1) is 10.2 Å². The quantitative estimate of drug-likeness (QED) is 0.333. The summed E-state index contributed by atoms with van der Waals surface area (Å²) in [6.45, 7) is 4.57. The highest BCUT2D eigenvalue weighted by molar-refractivity contribution is 6.32. The highest BCUT2D eigenvalue weighted by Gasteiger charge is 2.16. The van der Waals surface area contributed by atoms with Crippen molar-refractivity contribution in [1.82, 2.24) is 29.8 Å². The molecule has 0 saturated heterocycles. The Morgan fingerprint density at radius 1 is 0.971 bits per heavy atom. The molecule has 0 fully saturated rings. The van der Waals surface area contributed by atoms with Crippen molar-refractivity contribution in [2.75, 3.05) is 0 Å². The first-order valence-corrected chi connectivity index (χ1v) is 11.9. The molecule has 0 bridgehead atoms. The fourth-order valence-electron chi connectivity index (χ4n) is 4.42. The molecule has 0 aliphatic heterocycles. The van der Waals surface area contributed by atoms with Crippen molar-refractivity contribution in [3.05, 3.63) is 105 Å². The van der Waals surface area contributed by atoms with E-state index < -0.39 is 0 Å². The molecule has 1 N–H and O–H groups in total. The lowest BCUT2D eigenvalue weighted by molar-refractivity contribution is 0.691. The molecule has 35 heavy (non-hydrogen) atoms. The third-order valence-electron chi connectivity index (χ3n) is 6.12. The van der Waals surface area contributed by atoms with Crippen molar-refractivity contribution >= 4 is 11.6 Å². The molecule has 7 nitrogen and oxygen atoms in total. The summed E-state index contributed by atoms with van der Waals surface area (Å²) in [6, 6.07) is 21.9. The molecule has 8 heteroatoms. The Balaban J connectivity index is 1.49. The first-order valence-electron chi connectivity index (χ1n) is 11.6. The molecule has 0 saturated carbocycles. The predicted octanol–water partition coefficient (Wildman–Crippen LogP) is 5.45. The van der Waals surface area contributed by atoms with Crippen LogP contribution < -0.4 is 5.69 Å². The zero-order valence-electron chi connectivity index (χ0n) is 19.6. The van der Waals surface area contributed by atoms with E-state index in [0.29, 0.717) is 17.4 Å². The second-order valence-electron chi connectivity index (χ2n) is 8.49. The van der Waals surface area contributed by atoms with Gasteiger partial charge in [0.25, 0.3) is 0 Å². The third-order valence-corrected chi connectivity index (χ3v) is 6.42. The Bertz CT molecular complexity index is 1500. The Labute approximate surface area is 208 Å². The molecular formula is C27H25ClN6O. The summed E-state index contributed by atoms with van der Waals surface area (Å²) in [5.41, 5.74) is 6.61. The van der Waals surface area contributed by atoms with Crippen LogP contribution in [0.2, 0.25) is 5.02 Å². The number of H-pyrrole nitrogens is 1. The second kappa shape index (κ2) is 9.72. The van der Waals surface area contributed by atoms with E-state index in [2.05, 4.69) is 51.8 Å². The van der Waals surface area contributed by atoms with E-state index in [-0.39, 0.29) is 5.69 Å². The first kappa shape index (κ1) is 22.8. The molecule has 0 amide bonds. The molecule has 0 unspecified atom stereocenters. The summed E-state index contributed by atoms with van der Waals surface area (Å²) in [5.74, 6) is 0.552. The minimum absolute atomic E-state index is 0.0869. The van der Waals surface area contributed by atoms with Gasteiger partial charge in [-0.2, -0.15) is 5.21 Å². The van der Waals surface area contributed by atoms with Crippen molar-refractivity contribution in [1.29, 1.82) is 0 Å². The average Bonchev–Trinajstić information content (AvgIpc) is 3.50. The number of halogens is 1. The molecule has 0 radical (unpaired) electrons. The van der Waals surface area contributed by atoms with Crippen molar-refractivity contribution in [3.8, 4) is 28.2 Å². The van der Waals surface area contributed by atoms with Crippen molar-refractivity contribution in [2.45, 2.75) is 33.2 Å². The van der Waals surface area contributed by atoms with E-state index in [0.717, 1.165) is 52.0 Å². The lowest BCUT2D eigenvalue weighted by Crippen LogP contribution is -2.25. The number of tetrazole rings is 1. The van der Waals surface area contributed by atoms with Gasteiger partial charge < -0.3 is 0 Å². The zero-order valence-corrected chi connectivity index (χ0v) is 20.3. The summed E-state index contributed by atoms with van der Waals surface area (Å²) in [7, 11) is 0. The van der Waals surface area contributed by atoms with Crippen LogP contribution in [0, 0.1) is 6.92 Å². The number of hydrogen-bond donors (Lipinski definition) is 1. The number of hydrogen-bond acceptors (Lipinski definition) is 4. The molecule has 5 rings (SSSR count). The average molecular weight is 485 g/mol. The molecule has 2 aromatic heterocycles. The summed E-state index contributed by atoms with van der Waals surface area (Å²) < 4.78 is 3.52. The van der Waals surface area contributed by atoms with Crippen LogP contribution in [0.4, 0.5) is 0 Å². The van der Waals surface area contributed by atoms with E-state index in [4.69, 9.17) is 11.6 Å². The number of aromatic nitrogens is 6. The molecule has 5 aromatic rings. The smallest absolute Gasteiger partial charge is 0.292 e. The molecule has 0 aliphatic rings. The standard InChI is InChI=1S/C27H25ClN6O/c1-3-7-21-17-34(25-18(2)8-6-11-24(25)28)27(35)33(21)16-19-12-14-20(15-13-19)22-9-4-5-10-23(22)26-29-31-32-30-26/h4-6,8-15,17H,3,7,16H2,1-2H3,(H,29,30,31,32). The van der Waals surface area contributed by atoms with Crippen molar-refractivity contribution in [2.24, 2.45) is 0 Å². The number of benzene rings is 3. The Morgan fingerprint density at radius 3 is 2.43 bits per heavy atom. The van der Waals surface area contributed by atoms with Crippen LogP contribution in [0.5, 0.6) is 0 Å². The monoisotopic (exact) mass is 484 g/mol. The number of nitrogens with zero attached hydrogens (tertiary/aromatic N) is 5. The lowest BCUT2D eigenvalue weighted by Gasteiger charge is -2.10. The van der Waals surface area contributed by atoms with Crippen LogP contribution in [0.15, 0.2) is 77.7 Å². The maximum absolute atomic E-state index is 13.5. The molecule has 0 aliphatic carbocycles. The molecule has 0 spiro atoms. The van der Waals surface area contributed by atoms with Crippen molar-refractivity contribution < 1.29 is 0 Å². The van der Waals surface area contributed by atoms with Crippen LogP contribution in [-0.2, 0) is 13.0 Å². The van der Waals surface area contributed by atoms with Crippen LogP contribution >= 0.6 is 11.6 Å². The van der Waals surface area contributed by atoms with Gasteiger partial charge in [0.1, 0.15) is 0 Å². The van der Waals surface area contributed by atoms with E-state index in [1.807, 2.05) is 60.2 Å². The Hall–Kier alpha value is -3.97. The van der Waals surface area contributed by atoms with Gasteiger partial charge in [-0.1, -0.05) is 85.6 Å². The van der Waals surface area contributed by atoms with Gasteiger partial charge >= 0.3 is 5.69 Å². The molecule has 176 valence electrons. The number of imidazole rings is 1. The predicted molar refractivity (Wildman–Crippen MR) is 138 cm³/mol. The van der Waals surface area contributed by atoms with Gasteiger partial charge in [0.05, 0.1) is 17.3 Å². The number of para-hydroxylation sites is 1. The van der Waals surface area contributed by atoms with Gasteiger partial charge in [-0.25, -0.2) is 4.79 Å². The van der Waals surface area contributed by atoms with Gasteiger partial charge in [-0.05, 0) is 46.9 Å². The second-order valence-corrected chi connectivity index (χ2v) is 8.90. The number of aromatic amines is 1. The van der Waals surface area contributed by atoms with E-state index in [1.54, 1.807) is 4.57 Å². The van der Waals surface area contributed by atoms with Crippen molar-refractivity contribution in [3.63, 3.8) is 0 Å². The normalized spacial score (nSPS) is 11.2. The highest BCUT2D eigenvalue weighted by Crippen LogP contribution is 2.30. The number of rotatable bonds is 7. The Kier molecular flexibility index (Phi) is 6.33.